The van der Waals surface area contributed by atoms with Gasteiger partial charge in [0.2, 0.25) is 0 Å². The van der Waals surface area contributed by atoms with Crippen LogP contribution in [-0.2, 0) is 17.8 Å². The van der Waals surface area contributed by atoms with Gasteiger partial charge in [-0.3, -0.25) is 4.79 Å². The highest BCUT2D eigenvalue weighted by molar-refractivity contribution is 5.66. The van der Waals surface area contributed by atoms with E-state index in [-0.39, 0.29) is 6.42 Å². The normalized spacial score (nSPS) is 10.5. The Morgan fingerprint density at radius 1 is 1.24 bits per heavy atom. The van der Waals surface area contributed by atoms with Crippen LogP contribution in [0.4, 0.5) is 0 Å². The predicted octanol–water partition coefficient (Wildman–Crippen LogP) is 1.55. The van der Waals surface area contributed by atoms with E-state index in [1.807, 2.05) is 30.3 Å². The molecule has 0 aliphatic carbocycles. The third-order valence-corrected chi connectivity index (χ3v) is 2.92. The van der Waals surface area contributed by atoms with Crippen molar-refractivity contribution in [2.24, 2.45) is 0 Å². The SMILES string of the molecule is O=C(O)CCCn1nnnc1CCCOc1ccccc1. The lowest BCUT2D eigenvalue weighted by Gasteiger charge is -2.06. The summed E-state index contributed by atoms with van der Waals surface area (Å²) in [5.74, 6) is 0.802. The lowest BCUT2D eigenvalue weighted by atomic mass is 10.3. The van der Waals surface area contributed by atoms with Crippen LogP contribution >= 0.6 is 0 Å². The first-order chi connectivity index (χ1) is 10.3. The van der Waals surface area contributed by atoms with Gasteiger partial charge in [-0.1, -0.05) is 18.2 Å². The van der Waals surface area contributed by atoms with Crippen molar-refractivity contribution in [3.05, 3.63) is 36.2 Å². The third-order valence-electron chi connectivity index (χ3n) is 2.92. The van der Waals surface area contributed by atoms with E-state index < -0.39 is 5.97 Å². The van der Waals surface area contributed by atoms with Crippen molar-refractivity contribution in [3.8, 4) is 5.75 Å². The number of carboxylic acids is 1. The number of aromatic nitrogens is 4. The van der Waals surface area contributed by atoms with Crippen LogP contribution in [0.15, 0.2) is 30.3 Å². The van der Waals surface area contributed by atoms with Crippen LogP contribution in [0.1, 0.15) is 25.1 Å². The number of aliphatic carboxylic acids is 1. The molecule has 0 saturated carbocycles. The molecule has 0 amide bonds. The summed E-state index contributed by atoms with van der Waals surface area (Å²) in [5, 5.41) is 20.1. The average molecular weight is 290 g/mol. The molecule has 112 valence electrons. The number of hydrogen-bond acceptors (Lipinski definition) is 5. The smallest absolute Gasteiger partial charge is 0.303 e. The second kappa shape index (κ2) is 7.98. The maximum atomic E-state index is 10.5. The number of nitrogens with zero attached hydrogens (tertiary/aromatic N) is 4. The third kappa shape index (κ3) is 5.21. The number of carboxylic acid groups (broad SMARTS) is 1. The van der Waals surface area contributed by atoms with Crippen LogP contribution in [0.25, 0.3) is 0 Å². The number of tetrazole rings is 1. The van der Waals surface area contributed by atoms with E-state index >= 15 is 0 Å². The molecule has 7 nitrogen and oxygen atoms in total. The van der Waals surface area contributed by atoms with Crippen molar-refractivity contribution in [1.82, 2.24) is 20.2 Å². The summed E-state index contributed by atoms with van der Waals surface area (Å²) in [6, 6.07) is 9.63. The summed E-state index contributed by atoms with van der Waals surface area (Å²) < 4.78 is 7.26. The van der Waals surface area contributed by atoms with Gasteiger partial charge in [-0.25, -0.2) is 4.68 Å². The monoisotopic (exact) mass is 290 g/mol. The van der Waals surface area contributed by atoms with E-state index in [9.17, 15) is 4.79 Å². The molecule has 21 heavy (non-hydrogen) atoms. The zero-order valence-corrected chi connectivity index (χ0v) is 11.7. The first-order valence-corrected chi connectivity index (χ1v) is 6.90. The van der Waals surface area contributed by atoms with Gasteiger partial charge in [0.05, 0.1) is 6.61 Å². The highest BCUT2D eigenvalue weighted by Gasteiger charge is 2.06. The van der Waals surface area contributed by atoms with Crippen LogP contribution < -0.4 is 4.74 Å². The summed E-state index contributed by atoms with van der Waals surface area (Å²) in [6.07, 6.45) is 2.14. The highest BCUT2D eigenvalue weighted by atomic mass is 16.5. The fraction of sp³-hybridized carbons (Fsp3) is 0.429. The molecule has 0 saturated heterocycles. The Bertz CT molecular complexity index is 556. The Hall–Kier alpha value is -2.44. The summed E-state index contributed by atoms with van der Waals surface area (Å²) in [6.45, 7) is 1.11. The number of rotatable bonds is 9. The van der Waals surface area contributed by atoms with E-state index in [4.69, 9.17) is 9.84 Å². The Kier molecular flexibility index (Phi) is 5.69. The lowest BCUT2D eigenvalue weighted by molar-refractivity contribution is -0.137. The van der Waals surface area contributed by atoms with E-state index in [1.54, 1.807) is 4.68 Å². The van der Waals surface area contributed by atoms with Gasteiger partial charge >= 0.3 is 5.97 Å². The van der Waals surface area contributed by atoms with E-state index in [2.05, 4.69) is 15.5 Å². The molecule has 2 rings (SSSR count). The summed E-state index contributed by atoms with van der Waals surface area (Å²) >= 11 is 0. The summed E-state index contributed by atoms with van der Waals surface area (Å²) in [5.41, 5.74) is 0. The van der Waals surface area contributed by atoms with Gasteiger partial charge < -0.3 is 9.84 Å². The molecule has 0 aliphatic rings. The van der Waals surface area contributed by atoms with Crippen molar-refractivity contribution in [3.63, 3.8) is 0 Å². The topological polar surface area (TPSA) is 90.1 Å². The van der Waals surface area contributed by atoms with Crippen LogP contribution in [0.5, 0.6) is 5.75 Å². The zero-order valence-electron chi connectivity index (χ0n) is 11.7. The molecule has 1 N–H and O–H groups in total. The summed E-state index contributed by atoms with van der Waals surface area (Å²) in [4.78, 5) is 10.5. The quantitative estimate of drug-likeness (QED) is 0.705. The molecule has 0 radical (unpaired) electrons. The minimum atomic E-state index is -0.805. The minimum absolute atomic E-state index is 0.121. The number of hydrogen-bond donors (Lipinski definition) is 1. The van der Waals surface area contributed by atoms with Gasteiger partial charge in [0.1, 0.15) is 5.75 Å². The maximum Gasteiger partial charge on any atom is 0.303 e. The molecule has 1 heterocycles. The van der Waals surface area contributed by atoms with Crippen molar-refractivity contribution in [1.29, 1.82) is 0 Å². The molecule has 0 aliphatic heterocycles. The second-order valence-electron chi connectivity index (χ2n) is 4.58. The zero-order chi connectivity index (χ0) is 14.9. The van der Waals surface area contributed by atoms with Gasteiger partial charge in [0.25, 0.3) is 0 Å². The fourth-order valence-electron chi connectivity index (χ4n) is 1.89. The van der Waals surface area contributed by atoms with Gasteiger partial charge in [-0.15, -0.1) is 5.10 Å². The first kappa shape index (κ1) is 15.0. The molecular formula is C14H18N4O3. The number of carbonyl (C=O) groups is 1. The maximum absolute atomic E-state index is 10.5. The Morgan fingerprint density at radius 3 is 2.81 bits per heavy atom. The van der Waals surface area contributed by atoms with Crippen molar-refractivity contribution in [2.75, 3.05) is 6.61 Å². The number of benzene rings is 1. The Balaban J connectivity index is 1.71. The first-order valence-electron chi connectivity index (χ1n) is 6.90. The largest absolute Gasteiger partial charge is 0.494 e. The molecule has 7 heteroatoms. The molecule has 0 bridgehead atoms. The van der Waals surface area contributed by atoms with Gasteiger partial charge in [-0.2, -0.15) is 0 Å². The number of ether oxygens (including phenoxy) is 1. The van der Waals surface area contributed by atoms with Crippen LogP contribution in [0.2, 0.25) is 0 Å². The molecule has 0 fully saturated rings. The van der Waals surface area contributed by atoms with Crippen molar-refractivity contribution in [2.45, 2.75) is 32.2 Å². The number of para-hydroxylation sites is 1. The summed E-state index contributed by atoms with van der Waals surface area (Å²) in [7, 11) is 0. The van der Waals surface area contributed by atoms with Gasteiger partial charge in [-0.05, 0) is 35.4 Å². The van der Waals surface area contributed by atoms with Crippen LogP contribution in [0, 0.1) is 0 Å². The van der Waals surface area contributed by atoms with E-state index in [1.165, 1.54) is 0 Å². The average Bonchev–Trinajstić information content (AvgIpc) is 2.92. The van der Waals surface area contributed by atoms with Gasteiger partial charge in [0, 0.05) is 19.4 Å². The number of aryl methyl sites for hydroxylation is 2. The fourth-order valence-corrected chi connectivity index (χ4v) is 1.89. The Labute approximate surface area is 122 Å². The van der Waals surface area contributed by atoms with E-state index in [0.717, 1.165) is 18.0 Å². The molecule has 0 unspecified atom stereocenters. The highest BCUT2D eigenvalue weighted by Crippen LogP contribution is 2.09. The predicted molar refractivity (Wildman–Crippen MR) is 74.9 cm³/mol. The molecule has 1 aromatic heterocycles. The molecule has 1 aromatic carbocycles. The molecule has 0 atom stereocenters. The standard InChI is InChI=1S/C14H18N4O3/c19-14(20)9-4-10-18-13(15-16-17-18)8-5-11-21-12-6-2-1-3-7-12/h1-3,6-7H,4-5,8-11H2,(H,19,20). The minimum Gasteiger partial charge on any atom is -0.494 e. The van der Waals surface area contributed by atoms with Gasteiger partial charge in [0.15, 0.2) is 5.82 Å². The lowest BCUT2D eigenvalue weighted by Crippen LogP contribution is -2.09. The van der Waals surface area contributed by atoms with Crippen molar-refractivity contribution >= 4 is 5.97 Å². The second-order valence-corrected chi connectivity index (χ2v) is 4.58. The van der Waals surface area contributed by atoms with Crippen LogP contribution in [0.3, 0.4) is 0 Å². The molecular weight excluding hydrogens is 272 g/mol. The van der Waals surface area contributed by atoms with E-state index in [0.29, 0.717) is 26.0 Å². The molecule has 0 spiro atoms. The van der Waals surface area contributed by atoms with Crippen LogP contribution in [-0.4, -0.2) is 37.9 Å². The van der Waals surface area contributed by atoms with Crippen molar-refractivity contribution < 1.29 is 14.6 Å². The Morgan fingerprint density at radius 2 is 2.05 bits per heavy atom. The molecule has 2 aromatic rings.